The molecule has 0 bridgehead atoms. The summed E-state index contributed by atoms with van der Waals surface area (Å²) in [6, 6.07) is 0. The number of hydrogen-bond acceptors (Lipinski definition) is 3. The second-order valence-electron chi connectivity index (χ2n) is 3.03. The number of thioether (sulfide) groups is 1. The van der Waals surface area contributed by atoms with Crippen LogP contribution >= 0.6 is 11.8 Å². The molecule has 0 saturated heterocycles. The minimum Gasteiger partial charge on any atom is -0.372 e. The molecular weight excluding hydrogens is 239 g/mol. The first-order valence-corrected chi connectivity index (χ1v) is 6.08. The van der Waals surface area contributed by atoms with Crippen molar-refractivity contribution in [2.24, 2.45) is 0 Å². The summed E-state index contributed by atoms with van der Waals surface area (Å²) < 4.78 is 39.4. The average Bonchev–Trinajstić information content (AvgIpc) is 2.19. The zero-order valence-electron chi connectivity index (χ0n) is 8.98. The topological polar surface area (TPSA) is 21.3 Å². The van der Waals surface area contributed by atoms with Crippen LogP contribution in [-0.4, -0.2) is 44.0 Å². The van der Waals surface area contributed by atoms with Gasteiger partial charge in [-0.25, -0.2) is 0 Å². The molecule has 2 nitrogen and oxygen atoms in total. The number of hydrogen-bond donors (Lipinski definition) is 1. The molecule has 0 fully saturated rings. The van der Waals surface area contributed by atoms with Crippen LogP contribution in [0.4, 0.5) is 13.2 Å². The van der Waals surface area contributed by atoms with Crippen molar-refractivity contribution in [1.82, 2.24) is 5.32 Å². The van der Waals surface area contributed by atoms with Crippen molar-refractivity contribution in [3.8, 4) is 12.3 Å². The maximum Gasteiger partial charge on any atom is 0.411 e. The fraction of sp³-hybridized carbons (Fsp3) is 0.800. The highest BCUT2D eigenvalue weighted by Crippen LogP contribution is 2.14. The molecule has 0 atom stereocenters. The highest BCUT2D eigenvalue weighted by molar-refractivity contribution is 7.99. The first-order valence-electron chi connectivity index (χ1n) is 4.92. The van der Waals surface area contributed by atoms with E-state index in [1.165, 1.54) is 0 Å². The normalized spacial score (nSPS) is 11.4. The van der Waals surface area contributed by atoms with Crippen LogP contribution in [0.2, 0.25) is 0 Å². The highest BCUT2D eigenvalue weighted by Gasteiger charge is 2.26. The Morgan fingerprint density at radius 1 is 1.31 bits per heavy atom. The van der Waals surface area contributed by atoms with E-state index in [2.05, 4.69) is 16.0 Å². The van der Waals surface area contributed by atoms with E-state index < -0.39 is 12.8 Å². The fourth-order valence-corrected chi connectivity index (χ4v) is 1.44. The Morgan fingerprint density at radius 2 is 2.06 bits per heavy atom. The second-order valence-corrected chi connectivity index (χ2v) is 4.13. The molecule has 0 radical (unpaired) electrons. The number of nitrogens with one attached hydrogen (secondary N) is 1. The highest BCUT2D eigenvalue weighted by atomic mass is 32.2. The Morgan fingerprint density at radius 3 is 2.69 bits per heavy atom. The van der Waals surface area contributed by atoms with E-state index in [-0.39, 0.29) is 6.61 Å². The van der Waals surface area contributed by atoms with Gasteiger partial charge in [0.1, 0.15) is 6.61 Å². The van der Waals surface area contributed by atoms with E-state index in [0.29, 0.717) is 18.7 Å². The molecule has 0 unspecified atom stereocenters. The van der Waals surface area contributed by atoms with Crippen LogP contribution in [0.5, 0.6) is 0 Å². The number of halogens is 3. The maximum atomic E-state index is 11.6. The summed E-state index contributed by atoms with van der Waals surface area (Å²) in [5.41, 5.74) is 0. The summed E-state index contributed by atoms with van der Waals surface area (Å²) in [6.45, 7) is 0.440. The number of alkyl halides is 3. The second kappa shape index (κ2) is 9.82. The summed E-state index contributed by atoms with van der Waals surface area (Å²) in [5, 5.41) is 3.09. The Balaban J connectivity index is 3.02. The third kappa shape index (κ3) is 13.6. The van der Waals surface area contributed by atoms with E-state index >= 15 is 0 Å². The van der Waals surface area contributed by atoms with Crippen molar-refractivity contribution < 1.29 is 17.9 Å². The molecule has 94 valence electrons. The van der Waals surface area contributed by atoms with Crippen molar-refractivity contribution in [1.29, 1.82) is 0 Å². The lowest BCUT2D eigenvalue weighted by Gasteiger charge is -2.07. The molecule has 0 aliphatic heterocycles. The third-order valence-electron chi connectivity index (χ3n) is 1.52. The van der Waals surface area contributed by atoms with E-state index in [4.69, 9.17) is 6.42 Å². The van der Waals surface area contributed by atoms with Gasteiger partial charge in [0, 0.05) is 18.9 Å². The van der Waals surface area contributed by atoms with Gasteiger partial charge in [-0.3, -0.25) is 0 Å². The molecule has 0 rings (SSSR count). The quantitative estimate of drug-likeness (QED) is 0.502. The molecule has 0 aromatic rings. The molecule has 1 N–H and O–H groups in total. The summed E-state index contributed by atoms with van der Waals surface area (Å²) in [7, 11) is 0. The monoisotopic (exact) mass is 255 g/mol. The van der Waals surface area contributed by atoms with Crippen LogP contribution < -0.4 is 5.32 Å². The zero-order chi connectivity index (χ0) is 12.3. The average molecular weight is 255 g/mol. The van der Waals surface area contributed by atoms with E-state index in [1.807, 2.05) is 0 Å². The molecule has 0 heterocycles. The lowest BCUT2D eigenvalue weighted by molar-refractivity contribution is -0.173. The fourth-order valence-electron chi connectivity index (χ4n) is 0.888. The Kier molecular flexibility index (Phi) is 9.59. The predicted octanol–water partition coefficient (Wildman–Crippen LogP) is 1.91. The summed E-state index contributed by atoms with van der Waals surface area (Å²) in [4.78, 5) is 0. The van der Waals surface area contributed by atoms with Crippen LogP contribution in [0.25, 0.3) is 0 Å². The molecule has 0 aromatic heterocycles. The first kappa shape index (κ1) is 15.6. The van der Waals surface area contributed by atoms with Gasteiger partial charge in [-0.15, -0.1) is 18.2 Å². The third-order valence-corrected chi connectivity index (χ3v) is 2.38. The van der Waals surface area contributed by atoms with Gasteiger partial charge in [-0.1, -0.05) is 5.92 Å². The molecule has 0 spiro atoms. The standard InChI is InChI=1S/C10H16F3NOS/c1-2-7-16-8-5-14-4-3-6-15-9-10(11,12)13/h1,14H,3-9H2. The lowest BCUT2D eigenvalue weighted by Crippen LogP contribution is -2.22. The smallest absolute Gasteiger partial charge is 0.372 e. The van der Waals surface area contributed by atoms with E-state index in [1.54, 1.807) is 11.8 Å². The molecular formula is C10H16F3NOS. The largest absolute Gasteiger partial charge is 0.411 e. The first-order chi connectivity index (χ1) is 7.56. The SMILES string of the molecule is C#CCSCCNCCCOCC(F)(F)F. The van der Waals surface area contributed by atoms with Gasteiger partial charge < -0.3 is 10.1 Å². The Hall–Kier alpha value is -0.380. The number of ether oxygens (including phenoxy) is 1. The van der Waals surface area contributed by atoms with Crippen molar-refractivity contribution in [2.75, 3.05) is 37.8 Å². The Labute approximate surface area is 98.3 Å². The van der Waals surface area contributed by atoms with E-state index in [9.17, 15) is 13.2 Å². The summed E-state index contributed by atoms with van der Waals surface area (Å²) >= 11 is 1.65. The van der Waals surface area contributed by atoms with Gasteiger partial charge in [-0.05, 0) is 13.0 Å². The zero-order valence-corrected chi connectivity index (χ0v) is 9.79. The van der Waals surface area contributed by atoms with Gasteiger partial charge in [0.25, 0.3) is 0 Å². The molecule has 0 aliphatic rings. The predicted molar refractivity (Wildman–Crippen MR) is 60.5 cm³/mol. The van der Waals surface area contributed by atoms with Crippen molar-refractivity contribution >= 4 is 11.8 Å². The molecule has 16 heavy (non-hydrogen) atoms. The molecule has 0 aliphatic carbocycles. The number of terminal acetylenes is 1. The maximum absolute atomic E-state index is 11.6. The molecule has 0 aromatic carbocycles. The van der Waals surface area contributed by atoms with Gasteiger partial charge in [-0.2, -0.15) is 13.2 Å². The minimum absolute atomic E-state index is 0.129. The van der Waals surface area contributed by atoms with Crippen LogP contribution in [0.3, 0.4) is 0 Å². The van der Waals surface area contributed by atoms with Gasteiger partial charge in [0.2, 0.25) is 0 Å². The van der Waals surface area contributed by atoms with Crippen LogP contribution in [0.15, 0.2) is 0 Å². The molecule has 6 heteroatoms. The number of rotatable bonds is 9. The molecule has 0 amide bonds. The van der Waals surface area contributed by atoms with Gasteiger partial charge in [0.05, 0.1) is 5.75 Å². The van der Waals surface area contributed by atoms with Crippen LogP contribution in [0.1, 0.15) is 6.42 Å². The minimum atomic E-state index is -4.22. The van der Waals surface area contributed by atoms with Crippen molar-refractivity contribution in [2.45, 2.75) is 12.6 Å². The Bertz CT molecular complexity index is 203. The van der Waals surface area contributed by atoms with Gasteiger partial charge >= 0.3 is 6.18 Å². The summed E-state index contributed by atoms with van der Waals surface area (Å²) in [6.07, 6.45) is 1.42. The van der Waals surface area contributed by atoms with Crippen molar-refractivity contribution in [3.05, 3.63) is 0 Å². The molecule has 0 saturated carbocycles. The van der Waals surface area contributed by atoms with Crippen molar-refractivity contribution in [3.63, 3.8) is 0 Å². The van der Waals surface area contributed by atoms with E-state index in [0.717, 1.165) is 12.3 Å². The lowest BCUT2D eigenvalue weighted by atomic mass is 10.4. The van der Waals surface area contributed by atoms with Crippen LogP contribution in [-0.2, 0) is 4.74 Å². The summed E-state index contributed by atoms with van der Waals surface area (Å²) in [5.74, 6) is 4.11. The van der Waals surface area contributed by atoms with Crippen LogP contribution in [0, 0.1) is 12.3 Å². The van der Waals surface area contributed by atoms with Gasteiger partial charge in [0.15, 0.2) is 0 Å².